The molecule has 0 bridgehead atoms. The van der Waals surface area contributed by atoms with E-state index >= 15 is 0 Å². The summed E-state index contributed by atoms with van der Waals surface area (Å²) in [5.74, 6) is -1.02. The van der Waals surface area contributed by atoms with Crippen molar-refractivity contribution in [3.63, 3.8) is 0 Å². The van der Waals surface area contributed by atoms with Crippen LogP contribution in [0.15, 0.2) is 9.59 Å². The van der Waals surface area contributed by atoms with Crippen molar-refractivity contribution in [3.8, 4) is 0 Å². The molecule has 9 nitrogen and oxygen atoms in total. The molecule has 0 saturated carbocycles. The number of nitrogens with one attached hydrogen (secondary N) is 3. The maximum Gasteiger partial charge on any atom is 0.342 e. The molecule has 0 aliphatic carbocycles. The Bertz CT molecular complexity index is 550. The van der Waals surface area contributed by atoms with E-state index in [-0.39, 0.29) is 18.5 Å². The van der Waals surface area contributed by atoms with Crippen molar-refractivity contribution in [1.82, 2.24) is 15.2 Å². The van der Waals surface area contributed by atoms with Gasteiger partial charge in [0.15, 0.2) is 6.10 Å². The molecule has 1 aliphatic rings. The number of carbonyl (C=O) groups is 1. The highest BCUT2D eigenvalue weighted by Crippen LogP contribution is 2.19. The van der Waals surface area contributed by atoms with E-state index in [4.69, 9.17) is 9.84 Å². The molecule has 0 aromatic carbocycles. The molecule has 9 heteroatoms. The Kier molecular flexibility index (Phi) is 3.42. The van der Waals surface area contributed by atoms with Crippen molar-refractivity contribution in [1.29, 1.82) is 0 Å². The van der Waals surface area contributed by atoms with Crippen molar-refractivity contribution in [3.05, 3.63) is 20.8 Å². The zero-order chi connectivity index (χ0) is 13.1. The molecule has 1 saturated heterocycles. The number of H-pyrrole nitrogens is 2. The lowest BCUT2D eigenvalue weighted by Gasteiger charge is -2.11. The summed E-state index contributed by atoms with van der Waals surface area (Å²) in [5.41, 5.74) is -1.32. The van der Waals surface area contributed by atoms with Crippen molar-refractivity contribution in [2.45, 2.75) is 25.0 Å². The van der Waals surface area contributed by atoms with E-state index < -0.39 is 23.3 Å². The molecule has 2 heterocycles. The first kappa shape index (κ1) is 12.3. The zero-order valence-electron chi connectivity index (χ0n) is 9.30. The van der Waals surface area contributed by atoms with Crippen molar-refractivity contribution >= 4 is 11.8 Å². The molecule has 0 amide bonds. The largest absolute Gasteiger partial charge is 0.479 e. The highest BCUT2D eigenvalue weighted by atomic mass is 16.5. The van der Waals surface area contributed by atoms with Crippen LogP contribution in [0.4, 0.5) is 5.82 Å². The summed E-state index contributed by atoms with van der Waals surface area (Å²) in [4.78, 5) is 34.7. The SMILES string of the molecule is O=C(O)C1CCC(CNc2n[nH]c(=O)[nH]c2=O)O1. The minimum absolute atomic E-state index is 0.0306. The summed E-state index contributed by atoms with van der Waals surface area (Å²) in [6, 6.07) is 0. The summed E-state index contributed by atoms with van der Waals surface area (Å²) in [5, 5.41) is 17.1. The summed E-state index contributed by atoms with van der Waals surface area (Å²) in [7, 11) is 0. The Hall–Kier alpha value is -2.16. The zero-order valence-corrected chi connectivity index (χ0v) is 9.30. The predicted octanol–water partition coefficient (Wildman–Crippen LogP) is -1.50. The molecular weight excluding hydrogens is 244 g/mol. The van der Waals surface area contributed by atoms with Crippen LogP contribution >= 0.6 is 0 Å². The van der Waals surface area contributed by atoms with Crippen LogP contribution in [0.2, 0.25) is 0 Å². The first-order valence-electron chi connectivity index (χ1n) is 5.37. The summed E-state index contributed by atoms with van der Waals surface area (Å²) in [6.07, 6.45) is -0.0552. The minimum Gasteiger partial charge on any atom is -0.479 e. The average molecular weight is 256 g/mol. The van der Waals surface area contributed by atoms with Crippen LogP contribution in [0, 0.1) is 0 Å². The number of ether oxygens (including phenoxy) is 1. The number of anilines is 1. The maximum atomic E-state index is 11.3. The van der Waals surface area contributed by atoms with E-state index in [0.29, 0.717) is 12.8 Å². The van der Waals surface area contributed by atoms with Gasteiger partial charge in [0, 0.05) is 6.54 Å². The molecule has 1 aliphatic heterocycles. The third-order valence-electron chi connectivity index (χ3n) is 2.59. The average Bonchev–Trinajstić information content (AvgIpc) is 2.76. The van der Waals surface area contributed by atoms with Gasteiger partial charge in [-0.2, -0.15) is 0 Å². The Labute approximate surface area is 100 Å². The van der Waals surface area contributed by atoms with Gasteiger partial charge in [0.1, 0.15) is 0 Å². The Morgan fingerprint density at radius 2 is 2.28 bits per heavy atom. The van der Waals surface area contributed by atoms with Gasteiger partial charge in [-0.05, 0) is 12.8 Å². The first-order valence-corrected chi connectivity index (χ1v) is 5.37. The smallest absolute Gasteiger partial charge is 0.342 e. The van der Waals surface area contributed by atoms with Gasteiger partial charge in [0.05, 0.1) is 6.10 Å². The number of nitrogens with zero attached hydrogens (tertiary/aromatic N) is 1. The Balaban J connectivity index is 1.91. The van der Waals surface area contributed by atoms with Crippen LogP contribution in [-0.4, -0.2) is 45.0 Å². The predicted molar refractivity (Wildman–Crippen MR) is 59.5 cm³/mol. The quantitative estimate of drug-likeness (QED) is 0.514. The molecule has 2 unspecified atom stereocenters. The Morgan fingerprint density at radius 1 is 1.50 bits per heavy atom. The second-order valence-corrected chi connectivity index (χ2v) is 3.90. The van der Waals surface area contributed by atoms with Gasteiger partial charge in [-0.1, -0.05) is 0 Å². The summed E-state index contributed by atoms with van der Waals surface area (Å²) in [6.45, 7) is 0.256. The fourth-order valence-corrected chi connectivity index (χ4v) is 1.72. The molecule has 2 atom stereocenters. The molecule has 2 rings (SSSR count). The number of aromatic nitrogens is 3. The van der Waals surface area contributed by atoms with Crippen molar-refractivity contribution in [2.24, 2.45) is 0 Å². The third-order valence-corrected chi connectivity index (χ3v) is 2.59. The summed E-state index contributed by atoms with van der Waals surface area (Å²) < 4.78 is 5.23. The van der Waals surface area contributed by atoms with Crippen LogP contribution < -0.4 is 16.6 Å². The number of aliphatic carboxylic acids is 1. The molecule has 1 aromatic rings. The highest BCUT2D eigenvalue weighted by molar-refractivity contribution is 5.72. The topological polar surface area (TPSA) is 137 Å². The van der Waals surface area contributed by atoms with E-state index in [1.807, 2.05) is 4.98 Å². The third kappa shape index (κ3) is 2.74. The number of carboxylic acids is 1. The normalized spacial score (nSPS) is 22.9. The second kappa shape index (κ2) is 5.00. The van der Waals surface area contributed by atoms with Gasteiger partial charge < -0.3 is 15.2 Å². The number of hydrogen-bond acceptors (Lipinski definition) is 6. The fraction of sp³-hybridized carbons (Fsp3) is 0.556. The van der Waals surface area contributed by atoms with Gasteiger partial charge >= 0.3 is 11.7 Å². The lowest BCUT2D eigenvalue weighted by molar-refractivity contribution is -0.149. The molecular formula is C9H12N4O5. The number of carboxylic acid groups (broad SMARTS) is 1. The Morgan fingerprint density at radius 3 is 2.89 bits per heavy atom. The molecule has 0 radical (unpaired) electrons. The van der Waals surface area contributed by atoms with Gasteiger partial charge in [-0.15, -0.1) is 5.10 Å². The first-order chi connectivity index (χ1) is 8.56. The lowest BCUT2D eigenvalue weighted by atomic mass is 10.2. The van der Waals surface area contributed by atoms with Gasteiger partial charge in [0.2, 0.25) is 5.82 Å². The van der Waals surface area contributed by atoms with Crippen molar-refractivity contribution in [2.75, 3.05) is 11.9 Å². The summed E-state index contributed by atoms with van der Waals surface area (Å²) >= 11 is 0. The molecule has 0 spiro atoms. The number of aromatic amines is 2. The molecule has 18 heavy (non-hydrogen) atoms. The van der Waals surface area contributed by atoms with Crippen LogP contribution in [0.1, 0.15) is 12.8 Å². The van der Waals surface area contributed by atoms with Crippen LogP contribution in [0.5, 0.6) is 0 Å². The number of hydrogen-bond donors (Lipinski definition) is 4. The molecule has 98 valence electrons. The van der Waals surface area contributed by atoms with Crippen molar-refractivity contribution < 1.29 is 14.6 Å². The van der Waals surface area contributed by atoms with E-state index in [0.717, 1.165) is 0 Å². The van der Waals surface area contributed by atoms with Gasteiger partial charge in [-0.3, -0.25) is 9.78 Å². The number of rotatable bonds is 4. The van der Waals surface area contributed by atoms with Crippen LogP contribution in [0.3, 0.4) is 0 Å². The van der Waals surface area contributed by atoms with E-state index in [2.05, 4.69) is 15.5 Å². The maximum absolute atomic E-state index is 11.3. The van der Waals surface area contributed by atoms with E-state index in [9.17, 15) is 14.4 Å². The molecule has 4 N–H and O–H groups in total. The standard InChI is InChI=1S/C9H12N4O5/c14-7-6(12-13-9(17)11-7)10-3-4-1-2-5(18-4)8(15)16/h4-5H,1-3H2,(H,10,12)(H,15,16)(H2,11,13,14,17). The van der Waals surface area contributed by atoms with Crippen LogP contribution in [-0.2, 0) is 9.53 Å². The molecule has 1 aromatic heterocycles. The highest BCUT2D eigenvalue weighted by Gasteiger charge is 2.30. The van der Waals surface area contributed by atoms with E-state index in [1.54, 1.807) is 0 Å². The second-order valence-electron chi connectivity index (χ2n) is 3.90. The molecule has 1 fully saturated rings. The van der Waals surface area contributed by atoms with E-state index in [1.165, 1.54) is 0 Å². The minimum atomic E-state index is -0.988. The lowest BCUT2D eigenvalue weighted by Crippen LogP contribution is -2.30. The van der Waals surface area contributed by atoms with Gasteiger partial charge in [0.25, 0.3) is 5.56 Å². The monoisotopic (exact) mass is 256 g/mol. The van der Waals surface area contributed by atoms with Gasteiger partial charge in [-0.25, -0.2) is 14.7 Å². The van der Waals surface area contributed by atoms with Crippen LogP contribution in [0.25, 0.3) is 0 Å². The fourth-order valence-electron chi connectivity index (χ4n) is 1.72.